The molecule has 0 aliphatic heterocycles. The molecule has 0 atom stereocenters. The first-order valence-electron chi connectivity index (χ1n) is 10.1. The molecule has 33 heavy (non-hydrogen) atoms. The number of anilines is 1. The van der Waals surface area contributed by atoms with Gasteiger partial charge in [-0.15, -0.1) is 0 Å². The van der Waals surface area contributed by atoms with Gasteiger partial charge < -0.3 is 9.73 Å². The van der Waals surface area contributed by atoms with Gasteiger partial charge in [-0.1, -0.05) is 41.4 Å². The summed E-state index contributed by atoms with van der Waals surface area (Å²) in [6.45, 7) is 2.25. The average molecular weight is 481 g/mol. The van der Waals surface area contributed by atoms with Crippen molar-refractivity contribution in [1.82, 2.24) is 24.5 Å². The summed E-state index contributed by atoms with van der Waals surface area (Å²) in [6.07, 6.45) is 4.93. The number of nitrogens with one attached hydrogen (secondary N) is 1. The van der Waals surface area contributed by atoms with Crippen molar-refractivity contribution in [1.29, 1.82) is 0 Å². The zero-order chi connectivity index (χ0) is 22.9. The number of pyridine rings is 1. The number of hydrogen-bond donors (Lipinski definition) is 1. The summed E-state index contributed by atoms with van der Waals surface area (Å²) in [5.74, 6) is 0.658. The van der Waals surface area contributed by atoms with Crippen LogP contribution in [0.3, 0.4) is 0 Å². The van der Waals surface area contributed by atoms with E-state index >= 15 is 0 Å². The number of carbonyl (C=O) groups excluding carboxylic acids is 1. The first-order valence-corrected chi connectivity index (χ1v) is 10.9. The molecule has 1 N–H and O–H groups in total. The Balaban J connectivity index is 1.35. The van der Waals surface area contributed by atoms with Gasteiger partial charge in [-0.2, -0.15) is 10.2 Å². The van der Waals surface area contributed by atoms with E-state index in [9.17, 15) is 4.79 Å². The molecule has 5 rings (SSSR count). The number of aryl methyl sites for hydroxylation is 1. The molecule has 0 radical (unpaired) electrons. The fourth-order valence-corrected chi connectivity index (χ4v) is 4.09. The summed E-state index contributed by atoms with van der Waals surface area (Å²) in [5.41, 5.74) is 3.11. The van der Waals surface area contributed by atoms with Gasteiger partial charge in [-0.05, 0) is 36.8 Å². The quantitative estimate of drug-likeness (QED) is 0.361. The van der Waals surface area contributed by atoms with E-state index in [1.165, 1.54) is 0 Å². The van der Waals surface area contributed by atoms with E-state index < -0.39 is 0 Å². The first-order chi connectivity index (χ1) is 16.0. The molecule has 8 nitrogen and oxygen atoms in total. The molecule has 1 amide bonds. The third kappa shape index (κ3) is 4.22. The lowest BCUT2D eigenvalue weighted by atomic mass is 10.1. The highest BCUT2D eigenvalue weighted by Gasteiger charge is 2.18. The van der Waals surface area contributed by atoms with Crippen molar-refractivity contribution in [3.63, 3.8) is 0 Å². The number of benzene rings is 1. The highest BCUT2D eigenvalue weighted by molar-refractivity contribution is 6.33. The summed E-state index contributed by atoms with van der Waals surface area (Å²) in [7, 11) is 0. The maximum Gasteiger partial charge on any atom is 0.247 e. The van der Waals surface area contributed by atoms with Crippen LogP contribution in [-0.4, -0.2) is 30.5 Å². The molecular weight excluding hydrogens is 463 g/mol. The molecule has 1 aromatic carbocycles. The van der Waals surface area contributed by atoms with Gasteiger partial charge in [0.1, 0.15) is 17.3 Å². The Labute approximate surface area is 198 Å². The number of carbonyl (C=O) groups is 1. The van der Waals surface area contributed by atoms with Gasteiger partial charge in [0.25, 0.3) is 0 Å². The van der Waals surface area contributed by atoms with Gasteiger partial charge >= 0.3 is 0 Å². The number of furan rings is 1. The van der Waals surface area contributed by atoms with Crippen molar-refractivity contribution >= 4 is 46.0 Å². The zero-order valence-corrected chi connectivity index (χ0v) is 19.0. The molecule has 0 saturated heterocycles. The lowest BCUT2D eigenvalue weighted by Crippen LogP contribution is -2.20. The third-order valence-corrected chi connectivity index (χ3v) is 5.80. The lowest BCUT2D eigenvalue weighted by Gasteiger charge is -2.05. The maximum absolute atomic E-state index is 12.8. The SMILES string of the molecule is Cc1nn(CC(=O)Nc2nn(Cc3ccccc3Cl)cc2Cl)c2nccc(-c3ccco3)c12. The van der Waals surface area contributed by atoms with Crippen molar-refractivity contribution in [3.8, 4) is 11.3 Å². The summed E-state index contributed by atoms with van der Waals surface area (Å²) < 4.78 is 8.73. The molecule has 4 heterocycles. The van der Waals surface area contributed by atoms with Crippen LogP contribution in [0.25, 0.3) is 22.4 Å². The maximum atomic E-state index is 12.8. The van der Waals surface area contributed by atoms with Crippen molar-refractivity contribution in [2.45, 2.75) is 20.0 Å². The minimum absolute atomic E-state index is 0.0490. The molecular formula is C23H18Cl2N6O2. The summed E-state index contributed by atoms with van der Waals surface area (Å²) in [5, 5.41) is 13.4. The molecule has 0 fully saturated rings. The number of rotatable bonds is 6. The molecule has 0 saturated carbocycles. The molecule has 4 aromatic heterocycles. The number of amides is 1. The minimum atomic E-state index is -0.325. The van der Waals surface area contributed by atoms with Crippen molar-refractivity contribution in [2.24, 2.45) is 0 Å². The van der Waals surface area contributed by atoms with Crippen molar-refractivity contribution < 1.29 is 9.21 Å². The Kier molecular flexibility index (Phi) is 5.62. The smallest absolute Gasteiger partial charge is 0.247 e. The lowest BCUT2D eigenvalue weighted by molar-refractivity contribution is -0.116. The molecule has 166 valence electrons. The van der Waals surface area contributed by atoms with E-state index in [1.54, 1.807) is 28.0 Å². The van der Waals surface area contributed by atoms with Crippen LogP contribution in [0.1, 0.15) is 11.3 Å². The van der Waals surface area contributed by atoms with Crippen LogP contribution < -0.4 is 5.32 Å². The topological polar surface area (TPSA) is 90.8 Å². The molecule has 10 heteroatoms. The second kappa shape index (κ2) is 8.73. The first kappa shape index (κ1) is 21.2. The Morgan fingerprint density at radius 2 is 1.94 bits per heavy atom. The van der Waals surface area contributed by atoms with E-state index in [0.717, 1.165) is 22.2 Å². The van der Waals surface area contributed by atoms with Crippen LogP contribution in [-0.2, 0) is 17.9 Å². The minimum Gasteiger partial charge on any atom is -0.464 e. The molecule has 0 unspecified atom stereocenters. The number of fused-ring (bicyclic) bond motifs is 1. The van der Waals surface area contributed by atoms with Gasteiger partial charge in [0, 0.05) is 23.0 Å². The van der Waals surface area contributed by atoms with Crippen LogP contribution in [0, 0.1) is 6.92 Å². The Hall–Kier alpha value is -3.62. The summed E-state index contributed by atoms with van der Waals surface area (Å²) in [6, 6.07) is 13.0. The zero-order valence-electron chi connectivity index (χ0n) is 17.5. The molecule has 0 spiro atoms. The van der Waals surface area contributed by atoms with Gasteiger partial charge in [-0.25, -0.2) is 9.67 Å². The van der Waals surface area contributed by atoms with Gasteiger partial charge in [-0.3, -0.25) is 9.48 Å². The predicted molar refractivity (Wildman–Crippen MR) is 126 cm³/mol. The van der Waals surface area contributed by atoms with Crippen molar-refractivity contribution in [2.75, 3.05) is 5.32 Å². The summed E-state index contributed by atoms with van der Waals surface area (Å²) >= 11 is 12.5. The number of hydrogen-bond acceptors (Lipinski definition) is 5. The van der Waals surface area contributed by atoms with Crippen molar-refractivity contribution in [3.05, 3.63) is 82.4 Å². The Bertz CT molecular complexity index is 1460. The van der Waals surface area contributed by atoms with Crippen LogP contribution in [0.15, 0.2) is 65.5 Å². The normalized spacial score (nSPS) is 11.2. The van der Waals surface area contributed by atoms with Gasteiger partial charge in [0.2, 0.25) is 5.91 Å². The highest BCUT2D eigenvalue weighted by Crippen LogP contribution is 2.30. The number of halogens is 2. The van der Waals surface area contributed by atoms with Crippen LogP contribution >= 0.6 is 23.2 Å². The molecule has 0 aliphatic rings. The molecule has 0 bridgehead atoms. The molecule has 5 aromatic rings. The highest BCUT2D eigenvalue weighted by atomic mass is 35.5. The van der Waals surface area contributed by atoms with Crippen LogP contribution in [0.2, 0.25) is 10.0 Å². The predicted octanol–water partition coefficient (Wildman–Crippen LogP) is 5.19. The van der Waals surface area contributed by atoms with E-state index in [4.69, 9.17) is 27.6 Å². The Morgan fingerprint density at radius 3 is 2.73 bits per heavy atom. The second-order valence-electron chi connectivity index (χ2n) is 7.44. The average Bonchev–Trinajstić information content (AvgIpc) is 3.51. The van der Waals surface area contributed by atoms with Gasteiger partial charge in [0.05, 0.1) is 23.9 Å². The van der Waals surface area contributed by atoms with Gasteiger partial charge in [0.15, 0.2) is 11.5 Å². The largest absolute Gasteiger partial charge is 0.464 e. The second-order valence-corrected chi connectivity index (χ2v) is 8.25. The fourth-order valence-electron chi connectivity index (χ4n) is 3.70. The number of aromatic nitrogens is 5. The fraction of sp³-hybridized carbons (Fsp3) is 0.130. The number of nitrogens with zero attached hydrogens (tertiary/aromatic N) is 5. The van der Waals surface area contributed by atoms with E-state index in [0.29, 0.717) is 28.0 Å². The van der Waals surface area contributed by atoms with E-state index in [2.05, 4.69) is 20.5 Å². The van der Waals surface area contributed by atoms with E-state index in [-0.39, 0.29) is 18.3 Å². The summed E-state index contributed by atoms with van der Waals surface area (Å²) in [4.78, 5) is 17.2. The van der Waals surface area contributed by atoms with Crippen LogP contribution in [0.4, 0.5) is 5.82 Å². The Morgan fingerprint density at radius 1 is 1.09 bits per heavy atom. The standard InChI is InChI=1S/C23H18Cl2N6O2/c1-14-21-16(19-7-4-10-33-19)8-9-26-23(21)31(28-14)13-20(32)27-22-18(25)12-30(29-22)11-15-5-2-3-6-17(15)24/h2-10,12H,11,13H2,1H3,(H,27,29,32). The van der Waals surface area contributed by atoms with E-state index in [1.807, 2.05) is 49.4 Å². The molecule has 0 aliphatic carbocycles. The monoisotopic (exact) mass is 480 g/mol. The van der Waals surface area contributed by atoms with Crippen LogP contribution in [0.5, 0.6) is 0 Å². The third-order valence-electron chi connectivity index (χ3n) is 5.15.